The summed E-state index contributed by atoms with van der Waals surface area (Å²) in [6, 6.07) is 0. The molecule has 1 fully saturated rings. The van der Waals surface area contributed by atoms with Crippen molar-refractivity contribution in [1.82, 2.24) is 19.7 Å². The minimum Gasteiger partial charge on any atom is -0.445 e. The Kier molecular flexibility index (Phi) is 4.27. The van der Waals surface area contributed by atoms with Gasteiger partial charge in [-0.3, -0.25) is 9.48 Å². The number of ether oxygens (including phenoxy) is 1. The highest BCUT2D eigenvalue weighted by atomic mass is 16.5. The van der Waals surface area contributed by atoms with E-state index in [1.165, 1.54) is 6.42 Å². The lowest BCUT2D eigenvalue weighted by atomic mass is 9.95. The molecule has 0 atom stereocenters. The van der Waals surface area contributed by atoms with E-state index in [1.54, 1.807) is 4.68 Å². The molecule has 1 saturated heterocycles. The summed E-state index contributed by atoms with van der Waals surface area (Å²) in [6.07, 6.45) is 6.91. The number of carbonyl (C=O) groups is 1. The number of nitrogens with zero attached hydrogens (tertiary/aromatic N) is 4. The van der Waals surface area contributed by atoms with Crippen LogP contribution in [0, 0.1) is 0 Å². The zero-order valence-electron chi connectivity index (χ0n) is 15.9. The SMILES string of the molecule is Cn1nc2c(c1C(=O)N1CCc3oc(C4CCOCC4)nc3C1)CCCC2. The average Bonchev–Trinajstić information content (AvgIpc) is 3.27. The van der Waals surface area contributed by atoms with Crippen LogP contribution in [0.4, 0.5) is 0 Å². The Morgan fingerprint density at radius 1 is 1.11 bits per heavy atom. The van der Waals surface area contributed by atoms with Crippen LogP contribution >= 0.6 is 0 Å². The van der Waals surface area contributed by atoms with E-state index in [1.807, 2.05) is 11.9 Å². The van der Waals surface area contributed by atoms with Crippen molar-refractivity contribution in [2.45, 2.75) is 57.4 Å². The van der Waals surface area contributed by atoms with Crippen LogP contribution in [0.15, 0.2) is 4.42 Å². The third kappa shape index (κ3) is 2.98. The van der Waals surface area contributed by atoms with Crippen molar-refractivity contribution in [2.24, 2.45) is 7.05 Å². The summed E-state index contributed by atoms with van der Waals surface area (Å²) in [5.74, 6) is 2.20. The summed E-state index contributed by atoms with van der Waals surface area (Å²) in [4.78, 5) is 19.9. The highest BCUT2D eigenvalue weighted by molar-refractivity contribution is 5.94. The third-order valence-electron chi connectivity index (χ3n) is 6.12. The fraction of sp³-hybridized carbons (Fsp3) is 0.650. The summed E-state index contributed by atoms with van der Waals surface area (Å²) in [7, 11) is 1.89. The van der Waals surface area contributed by atoms with Gasteiger partial charge in [-0.05, 0) is 38.5 Å². The smallest absolute Gasteiger partial charge is 0.272 e. The van der Waals surface area contributed by atoms with Crippen LogP contribution in [0.3, 0.4) is 0 Å². The van der Waals surface area contributed by atoms with E-state index >= 15 is 0 Å². The highest BCUT2D eigenvalue weighted by Gasteiger charge is 2.32. The molecule has 7 heteroatoms. The zero-order chi connectivity index (χ0) is 18.4. The molecule has 0 unspecified atom stereocenters. The fourth-order valence-corrected chi connectivity index (χ4v) is 4.61. The molecular formula is C20H26N4O3. The molecule has 7 nitrogen and oxygen atoms in total. The van der Waals surface area contributed by atoms with E-state index in [0.717, 1.165) is 86.0 Å². The van der Waals surface area contributed by atoms with Crippen LogP contribution < -0.4 is 0 Å². The number of aromatic nitrogens is 3. The molecule has 0 radical (unpaired) electrons. The second-order valence-electron chi connectivity index (χ2n) is 7.89. The minimum atomic E-state index is 0.0782. The van der Waals surface area contributed by atoms with Gasteiger partial charge in [0.15, 0.2) is 5.89 Å². The summed E-state index contributed by atoms with van der Waals surface area (Å²) in [5.41, 5.74) is 3.95. The molecule has 1 amide bonds. The molecule has 2 aromatic rings. The second kappa shape index (κ2) is 6.78. The van der Waals surface area contributed by atoms with Gasteiger partial charge in [-0.15, -0.1) is 0 Å². The second-order valence-corrected chi connectivity index (χ2v) is 7.89. The normalized spacial score (nSPS) is 20.4. The Labute approximate surface area is 158 Å². The van der Waals surface area contributed by atoms with E-state index in [0.29, 0.717) is 19.0 Å². The molecule has 144 valence electrons. The van der Waals surface area contributed by atoms with E-state index in [4.69, 9.17) is 14.1 Å². The number of hydrogen-bond donors (Lipinski definition) is 0. The molecule has 3 aliphatic rings. The van der Waals surface area contributed by atoms with Crippen LogP contribution in [0.25, 0.3) is 0 Å². The monoisotopic (exact) mass is 370 g/mol. The van der Waals surface area contributed by atoms with Gasteiger partial charge in [-0.25, -0.2) is 4.98 Å². The molecule has 0 saturated carbocycles. The highest BCUT2D eigenvalue weighted by Crippen LogP contribution is 2.31. The summed E-state index contributed by atoms with van der Waals surface area (Å²) in [5, 5.41) is 4.60. The van der Waals surface area contributed by atoms with Crippen molar-refractivity contribution in [2.75, 3.05) is 19.8 Å². The predicted octanol–water partition coefficient (Wildman–Crippen LogP) is 2.38. The van der Waals surface area contributed by atoms with Gasteiger partial charge in [-0.1, -0.05) is 0 Å². The maximum Gasteiger partial charge on any atom is 0.272 e. The van der Waals surface area contributed by atoms with Crippen LogP contribution in [0.5, 0.6) is 0 Å². The first kappa shape index (κ1) is 17.0. The number of amides is 1. The fourth-order valence-electron chi connectivity index (χ4n) is 4.61. The zero-order valence-corrected chi connectivity index (χ0v) is 15.9. The minimum absolute atomic E-state index is 0.0782. The van der Waals surface area contributed by atoms with Crippen molar-refractivity contribution < 1.29 is 13.9 Å². The largest absolute Gasteiger partial charge is 0.445 e. The van der Waals surface area contributed by atoms with Gasteiger partial charge in [0.05, 0.1) is 12.2 Å². The molecule has 27 heavy (non-hydrogen) atoms. The summed E-state index contributed by atoms with van der Waals surface area (Å²) < 4.78 is 13.3. The Balaban J connectivity index is 1.37. The Morgan fingerprint density at radius 2 is 1.93 bits per heavy atom. The molecule has 0 N–H and O–H groups in total. The first-order valence-electron chi connectivity index (χ1n) is 10.1. The Morgan fingerprint density at radius 3 is 2.78 bits per heavy atom. The number of carbonyl (C=O) groups excluding carboxylic acids is 1. The number of hydrogen-bond acceptors (Lipinski definition) is 5. The van der Waals surface area contributed by atoms with Crippen molar-refractivity contribution in [3.63, 3.8) is 0 Å². The van der Waals surface area contributed by atoms with Crippen LogP contribution in [0.2, 0.25) is 0 Å². The molecule has 0 bridgehead atoms. The van der Waals surface area contributed by atoms with Crippen LogP contribution in [-0.2, 0) is 37.6 Å². The molecule has 2 aromatic heterocycles. The first-order chi connectivity index (χ1) is 13.2. The molecule has 1 aliphatic carbocycles. The average molecular weight is 370 g/mol. The first-order valence-corrected chi connectivity index (χ1v) is 10.1. The maximum atomic E-state index is 13.3. The van der Waals surface area contributed by atoms with Gasteiger partial charge in [0.2, 0.25) is 0 Å². The topological polar surface area (TPSA) is 73.4 Å². The Hall–Kier alpha value is -2.15. The van der Waals surface area contributed by atoms with Crippen molar-refractivity contribution in [3.8, 4) is 0 Å². The molecule has 0 aromatic carbocycles. The van der Waals surface area contributed by atoms with Crippen LogP contribution in [-0.4, -0.2) is 45.3 Å². The van der Waals surface area contributed by atoms with Gasteiger partial charge in [0.25, 0.3) is 5.91 Å². The lowest BCUT2D eigenvalue weighted by Gasteiger charge is -2.26. The summed E-state index contributed by atoms with van der Waals surface area (Å²) >= 11 is 0. The van der Waals surface area contributed by atoms with E-state index < -0.39 is 0 Å². The number of fused-ring (bicyclic) bond motifs is 2. The van der Waals surface area contributed by atoms with Crippen molar-refractivity contribution >= 4 is 5.91 Å². The molecule has 4 heterocycles. The van der Waals surface area contributed by atoms with E-state index in [2.05, 4.69) is 5.10 Å². The number of oxazole rings is 1. The molecule has 5 rings (SSSR count). The molecular weight excluding hydrogens is 344 g/mol. The predicted molar refractivity (Wildman–Crippen MR) is 97.6 cm³/mol. The van der Waals surface area contributed by atoms with Crippen molar-refractivity contribution in [1.29, 1.82) is 0 Å². The quantitative estimate of drug-likeness (QED) is 0.811. The maximum absolute atomic E-state index is 13.3. The van der Waals surface area contributed by atoms with E-state index in [9.17, 15) is 4.79 Å². The number of rotatable bonds is 2. The van der Waals surface area contributed by atoms with Crippen molar-refractivity contribution in [3.05, 3.63) is 34.3 Å². The van der Waals surface area contributed by atoms with Gasteiger partial charge < -0.3 is 14.1 Å². The lowest BCUT2D eigenvalue weighted by Crippen LogP contribution is -2.37. The molecule has 0 spiro atoms. The Bertz CT molecular complexity index is 863. The third-order valence-corrected chi connectivity index (χ3v) is 6.12. The lowest BCUT2D eigenvalue weighted by molar-refractivity contribution is 0.0713. The van der Waals surface area contributed by atoms with E-state index in [-0.39, 0.29) is 5.91 Å². The standard InChI is InChI=1S/C20H26N4O3/c1-23-18(14-4-2-3-5-15(14)22-23)20(25)24-9-6-17-16(12-24)21-19(27-17)13-7-10-26-11-8-13/h13H,2-12H2,1H3. The van der Waals surface area contributed by atoms with Gasteiger partial charge in [-0.2, -0.15) is 5.10 Å². The van der Waals surface area contributed by atoms with Gasteiger partial charge in [0.1, 0.15) is 17.1 Å². The van der Waals surface area contributed by atoms with Gasteiger partial charge >= 0.3 is 0 Å². The van der Waals surface area contributed by atoms with Gasteiger partial charge in [0, 0.05) is 44.7 Å². The number of aryl methyl sites for hydroxylation is 2. The summed E-state index contributed by atoms with van der Waals surface area (Å²) in [6.45, 7) is 2.75. The molecule has 2 aliphatic heterocycles. The van der Waals surface area contributed by atoms with Crippen LogP contribution in [0.1, 0.15) is 70.7 Å².